The molecule has 0 aliphatic rings. The van der Waals surface area contributed by atoms with E-state index < -0.39 is 6.04 Å². The number of ether oxygens (including phenoxy) is 1. The predicted molar refractivity (Wildman–Crippen MR) is 56.8 cm³/mol. The zero-order valence-corrected chi connectivity index (χ0v) is 9.28. The van der Waals surface area contributed by atoms with Crippen molar-refractivity contribution in [3.8, 4) is 0 Å². The van der Waals surface area contributed by atoms with Crippen molar-refractivity contribution in [1.82, 2.24) is 9.97 Å². The van der Waals surface area contributed by atoms with E-state index in [1.165, 1.54) is 12.4 Å². The lowest BCUT2D eigenvalue weighted by atomic mass is 10.3. The molecular weight excluding hydrogens is 218 g/mol. The monoisotopic (exact) mass is 229 g/mol. The summed E-state index contributed by atoms with van der Waals surface area (Å²) in [5, 5.41) is 3.18. The lowest BCUT2D eigenvalue weighted by molar-refractivity contribution is -0.143. The summed E-state index contributed by atoms with van der Waals surface area (Å²) in [6.45, 7) is 3.80. The maximum atomic E-state index is 11.3. The zero-order valence-electron chi connectivity index (χ0n) is 8.53. The highest BCUT2D eigenvalue weighted by atomic mass is 35.5. The number of anilines is 1. The summed E-state index contributed by atoms with van der Waals surface area (Å²) in [7, 11) is 0. The smallest absolute Gasteiger partial charge is 0.328 e. The van der Waals surface area contributed by atoms with Gasteiger partial charge in [0, 0.05) is 6.07 Å². The second-order valence-corrected chi connectivity index (χ2v) is 3.23. The Balaban J connectivity index is 2.58. The molecule has 0 radical (unpaired) electrons. The maximum absolute atomic E-state index is 11.3. The third-order valence-electron chi connectivity index (χ3n) is 1.64. The van der Waals surface area contributed by atoms with Crippen molar-refractivity contribution in [3.63, 3.8) is 0 Å². The van der Waals surface area contributed by atoms with E-state index in [9.17, 15) is 4.79 Å². The van der Waals surface area contributed by atoms with Gasteiger partial charge in [-0.25, -0.2) is 14.8 Å². The summed E-state index contributed by atoms with van der Waals surface area (Å²) in [5.41, 5.74) is 0. The Hall–Kier alpha value is -1.36. The number of esters is 1. The van der Waals surface area contributed by atoms with Crippen LogP contribution in [0, 0.1) is 0 Å². The van der Waals surface area contributed by atoms with Gasteiger partial charge in [0.2, 0.25) is 0 Å². The number of halogens is 1. The molecule has 15 heavy (non-hydrogen) atoms. The van der Waals surface area contributed by atoms with Crippen LogP contribution in [-0.2, 0) is 9.53 Å². The molecule has 0 bridgehead atoms. The molecule has 0 saturated heterocycles. The number of hydrogen-bond acceptors (Lipinski definition) is 5. The van der Waals surface area contributed by atoms with Gasteiger partial charge < -0.3 is 10.1 Å². The maximum Gasteiger partial charge on any atom is 0.328 e. The highest BCUT2D eigenvalue weighted by molar-refractivity contribution is 6.29. The summed E-state index contributed by atoms with van der Waals surface area (Å²) in [5.74, 6) is 0.169. The van der Waals surface area contributed by atoms with Crippen LogP contribution in [-0.4, -0.2) is 28.6 Å². The molecule has 0 spiro atoms. The van der Waals surface area contributed by atoms with Crippen LogP contribution in [0.4, 0.5) is 5.82 Å². The van der Waals surface area contributed by atoms with Crippen LogP contribution in [0.25, 0.3) is 0 Å². The molecule has 1 unspecified atom stereocenters. The number of hydrogen-bond donors (Lipinski definition) is 1. The van der Waals surface area contributed by atoms with E-state index in [1.807, 2.05) is 0 Å². The molecular formula is C9H12ClN3O2. The Bertz CT molecular complexity index is 346. The third-order valence-corrected chi connectivity index (χ3v) is 1.84. The predicted octanol–water partition coefficient (Wildman–Crippen LogP) is 1.49. The van der Waals surface area contributed by atoms with Gasteiger partial charge in [0.15, 0.2) is 0 Å². The first-order valence-electron chi connectivity index (χ1n) is 4.54. The Kier molecular flexibility index (Phi) is 4.30. The van der Waals surface area contributed by atoms with Crippen LogP contribution in [0.5, 0.6) is 0 Å². The van der Waals surface area contributed by atoms with Gasteiger partial charge in [-0.05, 0) is 13.8 Å². The highest BCUT2D eigenvalue weighted by Crippen LogP contribution is 2.09. The van der Waals surface area contributed by atoms with Crippen molar-refractivity contribution in [3.05, 3.63) is 17.5 Å². The van der Waals surface area contributed by atoms with E-state index in [2.05, 4.69) is 15.3 Å². The molecule has 82 valence electrons. The van der Waals surface area contributed by atoms with E-state index in [-0.39, 0.29) is 5.97 Å². The number of nitrogens with zero attached hydrogens (tertiary/aromatic N) is 2. The molecule has 0 saturated carbocycles. The van der Waals surface area contributed by atoms with Gasteiger partial charge in [-0.2, -0.15) is 0 Å². The molecule has 0 aliphatic carbocycles. The topological polar surface area (TPSA) is 64.1 Å². The summed E-state index contributed by atoms with van der Waals surface area (Å²) < 4.78 is 4.83. The molecule has 5 nitrogen and oxygen atoms in total. The highest BCUT2D eigenvalue weighted by Gasteiger charge is 2.13. The molecule has 1 aromatic heterocycles. The van der Waals surface area contributed by atoms with Gasteiger partial charge in [0.05, 0.1) is 6.61 Å². The SMILES string of the molecule is CCOC(=O)C(C)Nc1cc(Cl)ncn1. The van der Waals surface area contributed by atoms with E-state index in [1.54, 1.807) is 13.8 Å². The summed E-state index contributed by atoms with van der Waals surface area (Å²) in [4.78, 5) is 18.9. The first kappa shape index (κ1) is 11.7. The minimum absolute atomic E-state index is 0.323. The minimum Gasteiger partial charge on any atom is -0.464 e. The molecule has 1 atom stereocenters. The Morgan fingerprint density at radius 1 is 1.67 bits per heavy atom. The average Bonchev–Trinajstić information content (AvgIpc) is 2.18. The number of carbonyl (C=O) groups is 1. The van der Waals surface area contributed by atoms with Crippen molar-refractivity contribution in [2.75, 3.05) is 11.9 Å². The van der Waals surface area contributed by atoms with Crippen LogP contribution in [0.15, 0.2) is 12.4 Å². The van der Waals surface area contributed by atoms with Gasteiger partial charge in [0.25, 0.3) is 0 Å². The largest absolute Gasteiger partial charge is 0.464 e. The van der Waals surface area contributed by atoms with Crippen molar-refractivity contribution < 1.29 is 9.53 Å². The number of rotatable bonds is 4. The second-order valence-electron chi connectivity index (χ2n) is 2.84. The van der Waals surface area contributed by atoms with Gasteiger partial charge in [-0.1, -0.05) is 11.6 Å². The van der Waals surface area contributed by atoms with Crippen molar-refractivity contribution in [2.45, 2.75) is 19.9 Å². The second kappa shape index (κ2) is 5.50. The van der Waals surface area contributed by atoms with Gasteiger partial charge in [-0.15, -0.1) is 0 Å². The van der Waals surface area contributed by atoms with E-state index in [4.69, 9.17) is 16.3 Å². The van der Waals surface area contributed by atoms with Crippen LogP contribution in [0.2, 0.25) is 5.15 Å². The molecule has 1 heterocycles. The number of carbonyl (C=O) groups excluding carboxylic acids is 1. The average molecular weight is 230 g/mol. The lowest BCUT2D eigenvalue weighted by Gasteiger charge is -2.12. The van der Waals surface area contributed by atoms with Crippen molar-refractivity contribution in [1.29, 1.82) is 0 Å². The van der Waals surface area contributed by atoms with Crippen LogP contribution in [0.1, 0.15) is 13.8 Å². The van der Waals surface area contributed by atoms with E-state index in [0.29, 0.717) is 17.6 Å². The molecule has 1 N–H and O–H groups in total. The Morgan fingerprint density at radius 2 is 2.40 bits per heavy atom. The zero-order chi connectivity index (χ0) is 11.3. The fourth-order valence-electron chi connectivity index (χ4n) is 0.961. The number of aromatic nitrogens is 2. The van der Waals surface area contributed by atoms with Crippen LogP contribution >= 0.6 is 11.6 Å². The fraction of sp³-hybridized carbons (Fsp3) is 0.444. The molecule has 0 aliphatic heterocycles. The normalized spacial score (nSPS) is 11.9. The number of nitrogens with one attached hydrogen (secondary N) is 1. The molecule has 1 aromatic rings. The Morgan fingerprint density at radius 3 is 3.00 bits per heavy atom. The van der Waals surface area contributed by atoms with E-state index in [0.717, 1.165) is 0 Å². The van der Waals surface area contributed by atoms with Gasteiger partial charge in [0.1, 0.15) is 23.3 Å². The van der Waals surface area contributed by atoms with Gasteiger partial charge >= 0.3 is 5.97 Å². The van der Waals surface area contributed by atoms with E-state index >= 15 is 0 Å². The third kappa shape index (κ3) is 3.71. The molecule has 0 aromatic carbocycles. The van der Waals surface area contributed by atoms with Crippen LogP contribution in [0.3, 0.4) is 0 Å². The molecule has 0 fully saturated rings. The lowest BCUT2D eigenvalue weighted by Crippen LogP contribution is -2.28. The molecule has 0 amide bonds. The first-order chi connectivity index (χ1) is 7.13. The fourth-order valence-corrected chi connectivity index (χ4v) is 1.11. The van der Waals surface area contributed by atoms with Crippen LogP contribution < -0.4 is 5.32 Å². The first-order valence-corrected chi connectivity index (χ1v) is 4.92. The van der Waals surface area contributed by atoms with Crippen molar-refractivity contribution >= 4 is 23.4 Å². The minimum atomic E-state index is -0.462. The molecule has 6 heteroatoms. The van der Waals surface area contributed by atoms with Crippen molar-refractivity contribution in [2.24, 2.45) is 0 Å². The summed E-state index contributed by atoms with van der Waals surface area (Å²) in [6, 6.07) is 1.08. The quantitative estimate of drug-likeness (QED) is 0.626. The molecule has 1 rings (SSSR count). The summed E-state index contributed by atoms with van der Waals surface area (Å²) in [6.07, 6.45) is 1.32. The summed E-state index contributed by atoms with van der Waals surface area (Å²) >= 11 is 5.66. The Labute approximate surface area is 92.8 Å². The standard InChI is InChI=1S/C9H12ClN3O2/c1-3-15-9(14)6(2)13-8-4-7(10)11-5-12-8/h4-6H,3H2,1-2H3,(H,11,12,13). The van der Waals surface area contributed by atoms with Gasteiger partial charge in [-0.3, -0.25) is 0 Å².